The Hall–Kier alpha value is -3.74. The number of amides is 1. The SMILES string of the molecule is CCOC(=O)c1ccccc1Nc1cnc(C(=O)NCCc2ccccc2)cn1. The largest absolute Gasteiger partial charge is 0.462 e. The van der Waals surface area contributed by atoms with Crippen LogP contribution in [0.3, 0.4) is 0 Å². The first-order chi connectivity index (χ1) is 14.2. The zero-order valence-corrected chi connectivity index (χ0v) is 16.1. The number of para-hydroxylation sites is 1. The van der Waals surface area contributed by atoms with E-state index in [2.05, 4.69) is 20.6 Å². The number of nitrogens with zero attached hydrogens (tertiary/aromatic N) is 2. The van der Waals surface area contributed by atoms with Gasteiger partial charge in [-0.15, -0.1) is 0 Å². The molecule has 0 aliphatic rings. The summed E-state index contributed by atoms with van der Waals surface area (Å²) in [6.45, 7) is 2.56. The van der Waals surface area contributed by atoms with Crippen LogP contribution in [0.5, 0.6) is 0 Å². The average Bonchev–Trinajstić information content (AvgIpc) is 2.75. The summed E-state index contributed by atoms with van der Waals surface area (Å²) in [5, 5.41) is 5.87. The van der Waals surface area contributed by atoms with Crippen molar-refractivity contribution in [1.29, 1.82) is 0 Å². The number of benzene rings is 2. The lowest BCUT2D eigenvalue weighted by molar-refractivity contribution is 0.0527. The summed E-state index contributed by atoms with van der Waals surface area (Å²) in [6.07, 6.45) is 3.59. The third-order valence-electron chi connectivity index (χ3n) is 4.11. The average molecular weight is 390 g/mol. The number of hydrogen-bond acceptors (Lipinski definition) is 6. The minimum atomic E-state index is -0.419. The molecule has 29 heavy (non-hydrogen) atoms. The van der Waals surface area contributed by atoms with E-state index in [9.17, 15) is 9.59 Å². The molecular formula is C22H22N4O3. The molecule has 0 aliphatic heterocycles. The van der Waals surface area contributed by atoms with Gasteiger partial charge in [0, 0.05) is 6.54 Å². The van der Waals surface area contributed by atoms with E-state index in [-0.39, 0.29) is 11.6 Å². The highest BCUT2D eigenvalue weighted by atomic mass is 16.5. The lowest BCUT2D eigenvalue weighted by Crippen LogP contribution is -2.26. The number of esters is 1. The zero-order valence-electron chi connectivity index (χ0n) is 16.1. The smallest absolute Gasteiger partial charge is 0.340 e. The lowest BCUT2D eigenvalue weighted by atomic mass is 10.1. The third kappa shape index (κ3) is 5.62. The number of aromatic nitrogens is 2. The predicted octanol–water partition coefficient (Wildman–Crippen LogP) is 3.37. The van der Waals surface area contributed by atoms with Crippen LogP contribution >= 0.6 is 0 Å². The van der Waals surface area contributed by atoms with Crippen LogP contribution in [0.15, 0.2) is 67.0 Å². The maximum atomic E-state index is 12.2. The first kappa shape index (κ1) is 20.0. The molecule has 0 fully saturated rings. The fourth-order valence-corrected chi connectivity index (χ4v) is 2.68. The van der Waals surface area contributed by atoms with Gasteiger partial charge in [0.2, 0.25) is 0 Å². The molecular weight excluding hydrogens is 368 g/mol. The van der Waals surface area contributed by atoms with Crippen molar-refractivity contribution in [3.05, 3.63) is 83.8 Å². The molecule has 2 aromatic carbocycles. The van der Waals surface area contributed by atoms with E-state index in [0.29, 0.717) is 30.2 Å². The highest BCUT2D eigenvalue weighted by Gasteiger charge is 2.13. The van der Waals surface area contributed by atoms with Gasteiger partial charge in [-0.2, -0.15) is 0 Å². The van der Waals surface area contributed by atoms with Gasteiger partial charge in [-0.05, 0) is 31.0 Å². The van der Waals surface area contributed by atoms with Crippen LogP contribution in [-0.2, 0) is 11.2 Å². The number of anilines is 2. The van der Waals surface area contributed by atoms with Gasteiger partial charge in [0.25, 0.3) is 5.91 Å². The second-order valence-electron chi connectivity index (χ2n) is 6.17. The van der Waals surface area contributed by atoms with Crippen molar-refractivity contribution in [1.82, 2.24) is 15.3 Å². The van der Waals surface area contributed by atoms with E-state index in [0.717, 1.165) is 12.0 Å². The van der Waals surface area contributed by atoms with E-state index >= 15 is 0 Å². The van der Waals surface area contributed by atoms with Gasteiger partial charge < -0.3 is 15.4 Å². The predicted molar refractivity (Wildman–Crippen MR) is 110 cm³/mol. The van der Waals surface area contributed by atoms with Crippen molar-refractivity contribution in [2.24, 2.45) is 0 Å². The topological polar surface area (TPSA) is 93.2 Å². The van der Waals surface area contributed by atoms with E-state index in [1.807, 2.05) is 30.3 Å². The van der Waals surface area contributed by atoms with Crippen molar-refractivity contribution in [3.63, 3.8) is 0 Å². The molecule has 0 bridgehead atoms. The second kappa shape index (κ2) is 9.98. The molecule has 2 N–H and O–H groups in total. The standard InChI is InChI=1S/C22H22N4O3/c1-2-29-22(28)17-10-6-7-11-18(17)26-20-15-24-19(14-25-20)21(27)23-13-12-16-8-4-3-5-9-16/h3-11,14-15H,2,12-13H2,1H3,(H,23,27)(H,25,26). The van der Waals surface area contributed by atoms with Gasteiger partial charge >= 0.3 is 5.97 Å². The summed E-state index contributed by atoms with van der Waals surface area (Å²) in [5.41, 5.74) is 2.33. The van der Waals surface area contributed by atoms with Crippen LogP contribution < -0.4 is 10.6 Å². The molecule has 0 saturated carbocycles. The summed E-state index contributed by atoms with van der Waals surface area (Å²) in [4.78, 5) is 32.7. The number of carbonyl (C=O) groups is 2. The summed E-state index contributed by atoms with van der Waals surface area (Å²) in [6, 6.07) is 16.9. The van der Waals surface area contributed by atoms with Crippen LogP contribution in [0.4, 0.5) is 11.5 Å². The molecule has 3 rings (SSSR count). The Kier molecular flexibility index (Phi) is 6.89. The molecule has 3 aromatic rings. The fourth-order valence-electron chi connectivity index (χ4n) is 2.68. The Bertz CT molecular complexity index is 959. The maximum Gasteiger partial charge on any atom is 0.340 e. The molecule has 1 aromatic heterocycles. The molecule has 148 valence electrons. The molecule has 7 heteroatoms. The molecule has 0 saturated heterocycles. The van der Waals surface area contributed by atoms with Gasteiger partial charge in [0.15, 0.2) is 0 Å². The summed E-state index contributed by atoms with van der Waals surface area (Å²) >= 11 is 0. The molecule has 1 heterocycles. The normalized spacial score (nSPS) is 10.2. The minimum absolute atomic E-state index is 0.224. The number of hydrogen-bond donors (Lipinski definition) is 2. The molecule has 0 unspecified atom stereocenters. The monoisotopic (exact) mass is 390 g/mol. The number of ether oxygens (including phenoxy) is 1. The molecule has 7 nitrogen and oxygen atoms in total. The molecule has 0 atom stereocenters. The van der Waals surface area contributed by atoms with Gasteiger partial charge in [-0.1, -0.05) is 42.5 Å². The van der Waals surface area contributed by atoms with Crippen molar-refractivity contribution in [2.75, 3.05) is 18.5 Å². The Morgan fingerprint density at radius 2 is 1.72 bits per heavy atom. The number of carbonyl (C=O) groups excluding carboxylic acids is 2. The van der Waals surface area contributed by atoms with Crippen LogP contribution in [0.1, 0.15) is 33.3 Å². The van der Waals surface area contributed by atoms with Crippen LogP contribution in [0.25, 0.3) is 0 Å². The summed E-state index contributed by atoms with van der Waals surface area (Å²) < 4.78 is 5.06. The van der Waals surface area contributed by atoms with Crippen molar-refractivity contribution in [2.45, 2.75) is 13.3 Å². The highest BCUT2D eigenvalue weighted by Crippen LogP contribution is 2.20. The number of rotatable bonds is 8. The zero-order chi connectivity index (χ0) is 20.5. The van der Waals surface area contributed by atoms with E-state index in [4.69, 9.17) is 4.74 Å². The lowest BCUT2D eigenvalue weighted by Gasteiger charge is -2.10. The Morgan fingerprint density at radius 1 is 0.966 bits per heavy atom. The Balaban J connectivity index is 1.59. The first-order valence-corrected chi connectivity index (χ1v) is 9.34. The van der Waals surface area contributed by atoms with Crippen LogP contribution in [0, 0.1) is 0 Å². The molecule has 0 radical (unpaired) electrons. The fraction of sp³-hybridized carbons (Fsp3) is 0.182. The van der Waals surface area contributed by atoms with Crippen molar-refractivity contribution < 1.29 is 14.3 Å². The minimum Gasteiger partial charge on any atom is -0.462 e. The molecule has 0 spiro atoms. The van der Waals surface area contributed by atoms with Gasteiger partial charge in [0.05, 0.1) is 30.3 Å². The Morgan fingerprint density at radius 3 is 2.45 bits per heavy atom. The summed E-state index contributed by atoms with van der Waals surface area (Å²) in [5.74, 6) is -0.285. The van der Waals surface area contributed by atoms with E-state index in [1.54, 1.807) is 31.2 Å². The van der Waals surface area contributed by atoms with Crippen molar-refractivity contribution in [3.8, 4) is 0 Å². The van der Waals surface area contributed by atoms with Crippen molar-refractivity contribution >= 4 is 23.4 Å². The van der Waals surface area contributed by atoms with Gasteiger partial charge in [-0.3, -0.25) is 4.79 Å². The second-order valence-corrected chi connectivity index (χ2v) is 6.17. The quantitative estimate of drug-likeness (QED) is 0.573. The number of nitrogens with one attached hydrogen (secondary N) is 2. The van der Waals surface area contributed by atoms with E-state index < -0.39 is 5.97 Å². The maximum absolute atomic E-state index is 12.2. The van der Waals surface area contributed by atoms with Gasteiger partial charge in [-0.25, -0.2) is 14.8 Å². The first-order valence-electron chi connectivity index (χ1n) is 9.34. The highest BCUT2D eigenvalue weighted by molar-refractivity contribution is 5.96. The van der Waals surface area contributed by atoms with E-state index in [1.165, 1.54) is 12.4 Å². The van der Waals surface area contributed by atoms with Crippen LogP contribution in [-0.4, -0.2) is 35.0 Å². The van der Waals surface area contributed by atoms with Crippen LogP contribution in [0.2, 0.25) is 0 Å². The molecule has 0 aliphatic carbocycles. The van der Waals surface area contributed by atoms with Gasteiger partial charge in [0.1, 0.15) is 11.5 Å². The Labute approximate surface area is 169 Å². The third-order valence-corrected chi connectivity index (χ3v) is 4.11. The molecule has 1 amide bonds. The summed E-state index contributed by atoms with van der Waals surface area (Å²) in [7, 11) is 0.